The highest BCUT2D eigenvalue weighted by molar-refractivity contribution is 5.60. The van der Waals surface area contributed by atoms with Crippen LogP contribution in [0, 0.1) is 5.41 Å². The average Bonchev–Trinajstić information content (AvgIpc) is 2.48. The molecule has 23 heavy (non-hydrogen) atoms. The Balaban J connectivity index is 4.52. The van der Waals surface area contributed by atoms with E-state index >= 15 is 0 Å². The van der Waals surface area contributed by atoms with Crippen LogP contribution >= 0.6 is 0 Å². The maximum atomic E-state index is 11.6. The molecule has 4 N–H and O–H groups in total. The van der Waals surface area contributed by atoms with Crippen LogP contribution in [0.2, 0.25) is 0 Å². The van der Waals surface area contributed by atoms with Crippen molar-refractivity contribution in [3.05, 3.63) is 0 Å². The summed E-state index contributed by atoms with van der Waals surface area (Å²) in [7, 11) is 0. The van der Waals surface area contributed by atoms with Crippen molar-refractivity contribution in [2.24, 2.45) is 5.41 Å². The molecule has 0 saturated carbocycles. The molecular weight excluding hydrogens is 306 g/mol. The van der Waals surface area contributed by atoms with Gasteiger partial charge >= 0.3 is 6.16 Å². The zero-order valence-electron chi connectivity index (χ0n) is 14.5. The van der Waals surface area contributed by atoms with E-state index in [0.29, 0.717) is 0 Å². The molecule has 0 amide bonds. The number of aliphatic hydroxyl groups is 4. The van der Waals surface area contributed by atoms with E-state index in [9.17, 15) is 20.1 Å². The largest absolute Gasteiger partial charge is 0.508 e. The molecule has 0 spiro atoms. The van der Waals surface area contributed by atoms with Crippen molar-refractivity contribution < 1.29 is 34.7 Å². The van der Waals surface area contributed by atoms with E-state index in [4.69, 9.17) is 14.6 Å². The minimum absolute atomic E-state index is 0.0581. The quantitative estimate of drug-likeness (QED) is 0.397. The minimum atomic E-state index is -1.28. The van der Waals surface area contributed by atoms with E-state index in [1.807, 2.05) is 20.8 Å². The highest BCUT2D eigenvalue weighted by Gasteiger charge is 2.35. The smallest absolute Gasteiger partial charge is 0.433 e. The van der Waals surface area contributed by atoms with Crippen LogP contribution in [-0.4, -0.2) is 89.2 Å². The van der Waals surface area contributed by atoms with Crippen molar-refractivity contribution in [2.45, 2.75) is 39.3 Å². The Morgan fingerprint density at radius 1 is 1.04 bits per heavy atom. The van der Waals surface area contributed by atoms with Gasteiger partial charge in [0.2, 0.25) is 0 Å². The summed E-state index contributed by atoms with van der Waals surface area (Å²) in [6, 6.07) is 0. The molecule has 0 radical (unpaired) electrons. The molecule has 0 aliphatic rings. The van der Waals surface area contributed by atoms with Gasteiger partial charge in [0.25, 0.3) is 0 Å². The van der Waals surface area contributed by atoms with E-state index < -0.39 is 31.5 Å². The Labute approximate surface area is 137 Å². The van der Waals surface area contributed by atoms with Gasteiger partial charge in [0, 0.05) is 13.1 Å². The summed E-state index contributed by atoms with van der Waals surface area (Å²) in [6.45, 7) is 6.05. The summed E-state index contributed by atoms with van der Waals surface area (Å²) in [6.07, 6.45) is -1.13. The van der Waals surface area contributed by atoms with Crippen LogP contribution in [0.5, 0.6) is 0 Å². The maximum absolute atomic E-state index is 11.6. The fourth-order valence-corrected chi connectivity index (χ4v) is 1.75. The molecule has 8 heteroatoms. The lowest BCUT2D eigenvalue weighted by Gasteiger charge is -2.39. The predicted octanol–water partition coefficient (Wildman–Crippen LogP) is -0.416. The predicted molar refractivity (Wildman–Crippen MR) is 84.0 cm³/mol. The lowest BCUT2D eigenvalue weighted by atomic mass is 9.90. The van der Waals surface area contributed by atoms with E-state index in [1.54, 1.807) is 6.92 Å². The van der Waals surface area contributed by atoms with Crippen molar-refractivity contribution in [1.82, 2.24) is 4.90 Å². The first-order valence-corrected chi connectivity index (χ1v) is 7.68. The SMILES string of the molecule is C[C@@H](OC(=O)OCCN(CCO)C(CO)(CO)CO)C(C)(C)C. The van der Waals surface area contributed by atoms with Crippen LogP contribution in [0.1, 0.15) is 27.7 Å². The first kappa shape index (κ1) is 22.1. The fourth-order valence-electron chi connectivity index (χ4n) is 1.75. The second kappa shape index (κ2) is 10.0. The number of ether oxygens (including phenoxy) is 2. The van der Waals surface area contributed by atoms with Gasteiger partial charge in [0.05, 0.1) is 32.0 Å². The topological polar surface area (TPSA) is 120 Å². The summed E-state index contributed by atoms with van der Waals surface area (Å²) < 4.78 is 10.1. The van der Waals surface area contributed by atoms with Gasteiger partial charge in [-0.1, -0.05) is 20.8 Å². The van der Waals surface area contributed by atoms with Gasteiger partial charge in [-0.05, 0) is 12.3 Å². The Hall–Kier alpha value is -0.930. The fraction of sp³-hybridized carbons (Fsp3) is 0.933. The molecule has 0 aromatic heterocycles. The molecule has 0 fully saturated rings. The lowest BCUT2D eigenvalue weighted by molar-refractivity contribution is -0.0639. The number of β-amino-alcohol motifs (C(OH)–C–C–N with tert-alkyl or cyclic N) is 1. The van der Waals surface area contributed by atoms with Crippen molar-refractivity contribution in [3.8, 4) is 0 Å². The average molecular weight is 337 g/mol. The molecule has 0 saturated heterocycles. The highest BCUT2D eigenvalue weighted by Crippen LogP contribution is 2.22. The Morgan fingerprint density at radius 2 is 1.57 bits per heavy atom. The molecule has 0 bridgehead atoms. The summed E-state index contributed by atoms with van der Waals surface area (Å²) in [5.74, 6) is 0. The van der Waals surface area contributed by atoms with Gasteiger partial charge in [0.15, 0.2) is 0 Å². The van der Waals surface area contributed by atoms with Gasteiger partial charge in [0.1, 0.15) is 12.7 Å². The van der Waals surface area contributed by atoms with Gasteiger partial charge in [-0.15, -0.1) is 0 Å². The molecule has 0 aliphatic carbocycles. The van der Waals surface area contributed by atoms with E-state index in [1.165, 1.54) is 4.90 Å². The lowest BCUT2D eigenvalue weighted by Crippen LogP contribution is -2.58. The minimum Gasteiger partial charge on any atom is -0.433 e. The number of hydrogen-bond acceptors (Lipinski definition) is 8. The number of nitrogens with zero attached hydrogens (tertiary/aromatic N) is 1. The van der Waals surface area contributed by atoms with Gasteiger partial charge < -0.3 is 29.9 Å². The number of hydrogen-bond donors (Lipinski definition) is 4. The number of carbonyl (C=O) groups is 1. The van der Waals surface area contributed by atoms with Crippen LogP contribution < -0.4 is 0 Å². The van der Waals surface area contributed by atoms with Gasteiger partial charge in [-0.3, -0.25) is 4.90 Å². The van der Waals surface area contributed by atoms with Crippen LogP contribution in [0.15, 0.2) is 0 Å². The standard InChI is InChI=1S/C15H31NO7/c1-12(14(2,3)4)23-13(21)22-8-6-16(5-7-17)15(9-18,10-19)11-20/h12,17-20H,5-11H2,1-4H3/t12-/m1/s1. The maximum Gasteiger partial charge on any atom is 0.508 e. The molecule has 0 aliphatic heterocycles. The number of aliphatic hydroxyl groups excluding tert-OH is 4. The molecule has 0 unspecified atom stereocenters. The summed E-state index contributed by atoms with van der Waals surface area (Å²) in [4.78, 5) is 13.1. The van der Waals surface area contributed by atoms with Crippen molar-refractivity contribution >= 4 is 6.16 Å². The summed E-state index contributed by atoms with van der Waals surface area (Å²) >= 11 is 0. The molecule has 138 valence electrons. The van der Waals surface area contributed by atoms with Crippen molar-refractivity contribution in [1.29, 1.82) is 0 Å². The Kier molecular flexibility index (Phi) is 9.64. The molecule has 8 nitrogen and oxygen atoms in total. The third kappa shape index (κ3) is 7.01. The van der Waals surface area contributed by atoms with Gasteiger partial charge in [-0.25, -0.2) is 4.79 Å². The molecular formula is C15H31NO7. The molecule has 0 aromatic carbocycles. The van der Waals surface area contributed by atoms with Crippen LogP contribution in [0.3, 0.4) is 0 Å². The number of carbonyl (C=O) groups excluding carboxylic acids is 1. The molecule has 0 rings (SSSR count). The summed E-state index contributed by atoms with van der Waals surface area (Å²) in [5.41, 5.74) is -1.49. The first-order valence-electron chi connectivity index (χ1n) is 7.68. The second-order valence-corrected chi connectivity index (χ2v) is 6.63. The molecule has 0 aromatic rings. The zero-order valence-corrected chi connectivity index (χ0v) is 14.5. The second-order valence-electron chi connectivity index (χ2n) is 6.63. The first-order chi connectivity index (χ1) is 10.7. The molecule has 1 atom stereocenters. The monoisotopic (exact) mass is 337 g/mol. The molecule has 0 heterocycles. The Bertz CT molecular complexity index is 331. The van der Waals surface area contributed by atoms with Crippen LogP contribution in [-0.2, 0) is 9.47 Å². The highest BCUT2D eigenvalue weighted by atomic mass is 16.7. The van der Waals surface area contributed by atoms with E-state index in [2.05, 4.69) is 0 Å². The van der Waals surface area contributed by atoms with E-state index in [0.717, 1.165) is 0 Å². The normalized spacial score (nSPS) is 14.0. The number of rotatable bonds is 10. The third-order valence-corrected chi connectivity index (χ3v) is 4.00. The van der Waals surface area contributed by atoms with E-state index in [-0.39, 0.29) is 37.8 Å². The van der Waals surface area contributed by atoms with Crippen molar-refractivity contribution in [3.63, 3.8) is 0 Å². The Morgan fingerprint density at radius 3 is 1.96 bits per heavy atom. The van der Waals surface area contributed by atoms with Crippen molar-refractivity contribution in [2.75, 3.05) is 46.1 Å². The van der Waals surface area contributed by atoms with Crippen LogP contribution in [0.4, 0.5) is 4.79 Å². The third-order valence-electron chi connectivity index (χ3n) is 4.00. The zero-order chi connectivity index (χ0) is 18.1. The van der Waals surface area contributed by atoms with Crippen LogP contribution in [0.25, 0.3) is 0 Å². The van der Waals surface area contributed by atoms with Gasteiger partial charge in [-0.2, -0.15) is 0 Å². The summed E-state index contributed by atoms with van der Waals surface area (Å²) in [5, 5.41) is 37.3.